The van der Waals surface area contributed by atoms with Crippen molar-refractivity contribution in [1.82, 2.24) is 4.98 Å². The Morgan fingerprint density at radius 2 is 1.68 bits per heavy atom. The molecule has 0 atom stereocenters. The average Bonchev–Trinajstić information content (AvgIpc) is 3.37. The lowest BCUT2D eigenvalue weighted by molar-refractivity contribution is -0.0948. The molecule has 2 N–H and O–H groups in total. The van der Waals surface area contributed by atoms with Crippen molar-refractivity contribution < 1.29 is 27.0 Å². The smallest absolute Gasteiger partial charge is 0.395 e. The SMILES string of the molecule is COC1(c2cccc(COc3nc(-c4ccccc4)c(-c4ccc(S(N)(=O)=O)cc4)o3)c2)CCOCC1. The summed E-state index contributed by atoms with van der Waals surface area (Å²) in [6, 6.07) is 23.9. The van der Waals surface area contributed by atoms with Gasteiger partial charge >= 0.3 is 6.08 Å². The van der Waals surface area contributed by atoms with Gasteiger partial charge in [0, 0.05) is 44.3 Å². The zero-order valence-corrected chi connectivity index (χ0v) is 21.2. The number of primary sulfonamides is 1. The molecule has 5 rings (SSSR count). The molecular formula is C28H28N2O6S. The molecule has 8 nitrogen and oxygen atoms in total. The first-order valence-corrected chi connectivity index (χ1v) is 13.5. The van der Waals surface area contributed by atoms with Gasteiger partial charge < -0.3 is 18.6 Å². The maximum absolute atomic E-state index is 11.7. The summed E-state index contributed by atoms with van der Waals surface area (Å²) in [4.78, 5) is 4.63. The summed E-state index contributed by atoms with van der Waals surface area (Å²) in [7, 11) is -2.06. The van der Waals surface area contributed by atoms with E-state index in [0.717, 1.165) is 29.5 Å². The zero-order valence-electron chi connectivity index (χ0n) is 20.4. The molecule has 0 unspecified atom stereocenters. The highest BCUT2D eigenvalue weighted by atomic mass is 32.2. The van der Waals surface area contributed by atoms with Crippen LogP contribution in [0.2, 0.25) is 0 Å². The van der Waals surface area contributed by atoms with Crippen LogP contribution in [0.3, 0.4) is 0 Å². The molecular weight excluding hydrogens is 492 g/mol. The van der Waals surface area contributed by atoms with E-state index in [1.165, 1.54) is 12.1 Å². The Kier molecular flexibility index (Phi) is 7.12. The van der Waals surface area contributed by atoms with Crippen molar-refractivity contribution in [2.45, 2.75) is 29.9 Å². The normalized spacial score (nSPS) is 15.4. The fraction of sp³-hybridized carbons (Fsp3) is 0.250. The van der Waals surface area contributed by atoms with Crippen molar-refractivity contribution in [2.24, 2.45) is 5.14 Å². The second-order valence-corrected chi connectivity index (χ2v) is 10.5. The number of sulfonamides is 1. The number of hydrogen-bond acceptors (Lipinski definition) is 7. The van der Waals surface area contributed by atoms with Crippen molar-refractivity contribution in [3.8, 4) is 28.7 Å². The quantitative estimate of drug-likeness (QED) is 0.352. The number of benzene rings is 3. The van der Waals surface area contributed by atoms with Gasteiger partial charge in [0.05, 0.1) is 10.5 Å². The number of nitrogens with zero attached hydrogens (tertiary/aromatic N) is 1. The number of methoxy groups -OCH3 is 1. The molecule has 1 fully saturated rings. The fourth-order valence-electron chi connectivity index (χ4n) is 4.55. The van der Waals surface area contributed by atoms with Crippen LogP contribution in [-0.4, -0.2) is 33.7 Å². The largest absolute Gasteiger partial charge is 0.445 e. The summed E-state index contributed by atoms with van der Waals surface area (Å²) in [6.07, 6.45) is 1.70. The predicted octanol–water partition coefficient (Wildman–Crippen LogP) is 4.89. The molecule has 1 aliphatic heterocycles. The van der Waals surface area contributed by atoms with Crippen LogP contribution in [0.15, 0.2) is 88.2 Å². The predicted molar refractivity (Wildman–Crippen MR) is 138 cm³/mol. The van der Waals surface area contributed by atoms with Crippen molar-refractivity contribution >= 4 is 10.0 Å². The maximum atomic E-state index is 11.7. The summed E-state index contributed by atoms with van der Waals surface area (Å²) in [5, 5.41) is 5.24. The highest BCUT2D eigenvalue weighted by Crippen LogP contribution is 2.37. The molecule has 0 aliphatic carbocycles. The van der Waals surface area contributed by atoms with E-state index in [1.54, 1.807) is 19.2 Å². The molecule has 0 spiro atoms. The Bertz CT molecular complexity index is 1460. The lowest BCUT2D eigenvalue weighted by Crippen LogP contribution is -2.35. The van der Waals surface area contributed by atoms with E-state index in [1.807, 2.05) is 42.5 Å². The van der Waals surface area contributed by atoms with E-state index in [2.05, 4.69) is 17.1 Å². The third kappa shape index (κ3) is 5.45. The maximum Gasteiger partial charge on any atom is 0.395 e. The molecule has 4 aromatic rings. The van der Waals surface area contributed by atoms with Gasteiger partial charge in [-0.3, -0.25) is 0 Å². The van der Waals surface area contributed by atoms with Gasteiger partial charge in [0.2, 0.25) is 10.0 Å². The van der Waals surface area contributed by atoms with Crippen molar-refractivity contribution in [2.75, 3.05) is 20.3 Å². The summed E-state index contributed by atoms with van der Waals surface area (Å²) in [5.41, 5.74) is 3.76. The van der Waals surface area contributed by atoms with E-state index < -0.39 is 10.0 Å². The highest BCUT2D eigenvalue weighted by molar-refractivity contribution is 7.89. The monoisotopic (exact) mass is 520 g/mol. The van der Waals surface area contributed by atoms with E-state index in [-0.39, 0.29) is 23.2 Å². The molecule has 1 aliphatic rings. The van der Waals surface area contributed by atoms with Gasteiger partial charge in [0.1, 0.15) is 12.3 Å². The fourth-order valence-corrected chi connectivity index (χ4v) is 5.06. The number of ether oxygens (including phenoxy) is 3. The Labute approximate surface area is 216 Å². The highest BCUT2D eigenvalue weighted by Gasteiger charge is 2.34. The van der Waals surface area contributed by atoms with Gasteiger partial charge in [-0.1, -0.05) is 48.5 Å². The number of aromatic nitrogens is 1. The minimum Gasteiger partial charge on any atom is -0.445 e. The van der Waals surface area contributed by atoms with Gasteiger partial charge in [-0.15, -0.1) is 0 Å². The Balaban J connectivity index is 1.42. The first kappa shape index (κ1) is 25.2. The van der Waals surface area contributed by atoms with Crippen molar-refractivity contribution in [3.63, 3.8) is 0 Å². The van der Waals surface area contributed by atoms with Crippen LogP contribution in [0.25, 0.3) is 22.6 Å². The molecule has 0 amide bonds. The van der Waals surface area contributed by atoms with Crippen LogP contribution in [0.1, 0.15) is 24.0 Å². The third-order valence-electron chi connectivity index (χ3n) is 6.61. The minimum atomic E-state index is -3.80. The van der Waals surface area contributed by atoms with Crippen LogP contribution in [0.5, 0.6) is 6.08 Å². The lowest BCUT2D eigenvalue weighted by Gasteiger charge is -2.36. The van der Waals surface area contributed by atoms with Gasteiger partial charge in [0.25, 0.3) is 0 Å². The van der Waals surface area contributed by atoms with Gasteiger partial charge in [0.15, 0.2) is 5.76 Å². The molecule has 0 radical (unpaired) electrons. The summed E-state index contributed by atoms with van der Waals surface area (Å²) in [6.45, 7) is 1.57. The number of hydrogen-bond donors (Lipinski definition) is 1. The summed E-state index contributed by atoms with van der Waals surface area (Å²) in [5.74, 6) is 0.469. The molecule has 1 aromatic heterocycles. The van der Waals surface area contributed by atoms with Crippen LogP contribution < -0.4 is 9.88 Å². The van der Waals surface area contributed by atoms with E-state index in [0.29, 0.717) is 30.2 Å². The molecule has 0 bridgehead atoms. The first-order valence-electron chi connectivity index (χ1n) is 11.9. The topological polar surface area (TPSA) is 114 Å². The van der Waals surface area contributed by atoms with Gasteiger partial charge in [-0.05, 0) is 41.5 Å². The number of nitrogens with two attached hydrogens (primary N) is 1. The van der Waals surface area contributed by atoms with Crippen molar-refractivity contribution in [3.05, 3.63) is 90.0 Å². The molecule has 1 saturated heterocycles. The summed E-state index contributed by atoms with van der Waals surface area (Å²) < 4.78 is 46.8. The Morgan fingerprint density at radius 1 is 0.946 bits per heavy atom. The zero-order chi connectivity index (χ0) is 25.9. The molecule has 2 heterocycles. The lowest BCUT2D eigenvalue weighted by atomic mass is 9.85. The Morgan fingerprint density at radius 3 is 2.35 bits per heavy atom. The minimum absolute atomic E-state index is 0.0201. The standard InChI is InChI=1S/C28H28N2O6S/c1-33-28(14-16-34-17-15-28)23-9-5-6-20(18-23)19-35-27-30-25(21-7-3-2-4-8-21)26(36-27)22-10-12-24(13-11-22)37(29,31)32/h2-13,18H,14-17,19H2,1H3,(H2,29,31,32). The average molecular weight is 521 g/mol. The van der Waals surface area contributed by atoms with Gasteiger partial charge in [-0.25, -0.2) is 13.6 Å². The van der Waals surface area contributed by atoms with E-state index in [9.17, 15) is 8.42 Å². The van der Waals surface area contributed by atoms with Crippen LogP contribution in [-0.2, 0) is 31.7 Å². The second-order valence-electron chi connectivity index (χ2n) is 8.89. The summed E-state index contributed by atoms with van der Waals surface area (Å²) >= 11 is 0. The van der Waals surface area contributed by atoms with E-state index in [4.69, 9.17) is 23.8 Å². The number of rotatable bonds is 8. The molecule has 192 valence electrons. The van der Waals surface area contributed by atoms with E-state index >= 15 is 0 Å². The molecule has 9 heteroatoms. The Hall–Kier alpha value is -3.50. The first-order chi connectivity index (χ1) is 17.9. The van der Waals surface area contributed by atoms with Crippen LogP contribution in [0.4, 0.5) is 0 Å². The van der Waals surface area contributed by atoms with Crippen LogP contribution >= 0.6 is 0 Å². The molecule has 3 aromatic carbocycles. The van der Waals surface area contributed by atoms with Gasteiger partial charge in [-0.2, -0.15) is 4.98 Å². The number of oxazole rings is 1. The van der Waals surface area contributed by atoms with Crippen LogP contribution in [0, 0.1) is 0 Å². The molecule has 37 heavy (non-hydrogen) atoms. The second kappa shape index (κ2) is 10.5. The van der Waals surface area contributed by atoms with Crippen molar-refractivity contribution in [1.29, 1.82) is 0 Å². The third-order valence-corrected chi connectivity index (χ3v) is 7.54. The molecule has 0 saturated carbocycles.